The zero-order valence-corrected chi connectivity index (χ0v) is 18.3. The Bertz CT molecular complexity index is 1320. The van der Waals surface area contributed by atoms with Crippen molar-refractivity contribution in [3.63, 3.8) is 0 Å². The molecule has 0 aliphatic carbocycles. The predicted molar refractivity (Wildman–Crippen MR) is 118 cm³/mol. The number of carbonyl (C=O) groups is 1. The fourth-order valence-corrected chi connectivity index (χ4v) is 4.64. The molecule has 2 aromatic carbocycles. The number of benzene rings is 2. The molecular weight excluding hydrogens is 462 g/mol. The first kappa shape index (κ1) is 21.3. The maximum absolute atomic E-state index is 12.7. The SMILES string of the molecule is O=C(CSc1nc2ccc(S(=O)(=O)Nc3ccccc3Cl)cc2o1)NCc1ccco1. The van der Waals surface area contributed by atoms with Crippen LogP contribution in [-0.4, -0.2) is 25.1 Å². The number of oxazole rings is 1. The van der Waals surface area contributed by atoms with E-state index in [9.17, 15) is 13.2 Å². The summed E-state index contributed by atoms with van der Waals surface area (Å²) in [6.07, 6.45) is 1.53. The third-order valence-electron chi connectivity index (χ3n) is 4.14. The number of thioether (sulfide) groups is 1. The van der Waals surface area contributed by atoms with E-state index in [1.165, 1.54) is 18.4 Å². The lowest BCUT2D eigenvalue weighted by Gasteiger charge is -2.09. The molecule has 2 N–H and O–H groups in total. The summed E-state index contributed by atoms with van der Waals surface area (Å²) in [4.78, 5) is 16.3. The van der Waals surface area contributed by atoms with Gasteiger partial charge in [-0.2, -0.15) is 0 Å². The van der Waals surface area contributed by atoms with Gasteiger partial charge >= 0.3 is 0 Å². The molecule has 0 unspecified atom stereocenters. The van der Waals surface area contributed by atoms with Gasteiger partial charge in [0.15, 0.2) is 5.58 Å². The van der Waals surface area contributed by atoms with Crippen LogP contribution in [0.2, 0.25) is 5.02 Å². The minimum Gasteiger partial charge on any atom is -0.467 e. The van der Waals surface area contributed by atoms with Gasteiger partial charge in [0.05, 0.1) is 34.2 Å². The quantitative estimate of drug-likeness (QED) is 0.364. The molecule has 0 aliphatic heterocycles. The first-order valence-corrected chi connectivity index (χ1v) is 11.9. The molecule has 0 saturated heterocycles. The van der Waals surface area contributed by atoms with Gasteiger partial charge in [-0.3, -0.25) is 9.52 Å². The number of nitrogens with zero attached hydrogens (tertiary/aromatic N) is 1. The van der Waals surface area contributed by atoms with Crippen LogP contribution in [0.15, 0.2) is 79.8 Å². The van der Waals surface area contributed by atoms with E-state index in [1.54, 1.807) is 42.5 Å². The number of hydrogen-bond acceptors (Lipinski definition) is 7. The fraction of sp³-hybridized carbons (Fsp3) is 0.100. The Morgan fingerprint density at radius 3 is 2.74 bits per heavy atom. The van der Waals surface area contributed by atoms with Crippen LogP contribution in [0.1, 0.15) is 5.76 Å². The highest BCUT2D eigenvalue weighted by molar-refractivity contribution is 7.99. The molecule has 0 bridgehead atoms. The normalized spacial score (nSPS) is 11.5. The molecule has 0 saturated carbocycles. The molecule has 0 radical (unpaired) electrons. The number of furan rings is 1. The summed E-state index contributed by atoms with van der Waals surface area (Å²) in [7, 11) is -3.87. The van der Waals surface area contributed by atoms with Crippen molar-refractivity contribution in [2.75, 3.05) is 10.5 Å². The van der Waals surface area contributed by atoms with Crippen LogP contribution >= 0.6 is 23.4 Å². The van der Waals surface area contributed by atoms with Crippen molar-refractivity contribution in [2.45, 2.75) is 16.7 Å². The Morgan fingerprint density at radius 2 is 1.97 bits per heavy atom. The molecule has 2 heterocycles. The van der Waals surface area contributed by atoms with E-state index in [-0.39, 0.29) is 32.5 Å². The van der Waals surface area contributed by atoms with E-state index < -0.39 is 10.0 Å². The Balaban J connectivity index is 1.43. The minimum atomic E-state index is -3.87. The number of aromatic nitrogens is 1. The lowest BCUT2D eigenvalue weighted by atomic mass is 10.3. The Morgan fingerprint density at radius 1 is 1.13 bits per heavy atom. The number of amides is 1. The van der Waals surface area contributed by atoms with E-state index in [0.717, 1.165) is 11.8 Å². The molecule has 4 aromatic rings. The van der Waals surface area contributed by atoms with Gasteiger partial charge in [-0.05, 0) is 36.4 Å². The summed E-state index contributed by atoms with van der Waals surface area (Å²) in [6, 6.07) is 14.4. The number of anilines is 1. The molecule has 11 heteroatoms. The van der Waals surface area contributed by atoms with Crippen LogP contribution in [-0.2, 0) is 21.4 Å². The molecule has 160 valence electrons. The number of para-hydroxylation sites is 1. The van der Waals surface area contributed by atoms with E-state index in [2.05, 4.69) is 15.0 Å². The van der Waals surface area contributed by atoms with Crippen molar-refractivity contribution in [1.82, 2.24) is 10.3 Å². The van der Waals surface area contributed by atoms with Crippen molar-refractivity contribution in [1.29, 1.82) is 0 Å². The number of rotatable bonds is 8. The van der Waals surface area contributed by atoms with Gasteiger partial charge in [-0.25, -0.2) is 13.4 Å². The predicted octanol–water partition coefficient (Wildman–Crippen LogP) is 4.28. The average Bonchev–Trinajstić information content (AvgIpc) is 3.41. The fourth-order valence-electron chi connectivity index (χ4n) is 2.64. The number of carbonyl (C=O) groups excluding carboxylic acids is 1. The Hall–Kier alpha value is -2.95. The summed E-state index contributed by atoms with van der Waals surface area (Å²) in [5, 5.41) is 3.27. The van der Waals surface area contributed by atoms with E-state index >= 15 is 0 Å². The monoisotopic (exact) mass is 477 g/mol. The van der Waals surface area contributed by atoms with Gasteiger partial charge in [0.25, 0.3) is 15.2 Å². The Kier molecular flexibility index (Phi) is 6.21. The lowest BCUT2D eigenvalue weighted by molar-refractivity contribution is -0.118. The molecule has 0 spiro atoms. The van der Waals surface area contributed by atoms with Gasteiger partial charge in [0.1, 0.15) is 11.3 Å². The molecule has 31 heavy (non-hydrogen) atoms. The lowest BCUT2D eigenvalue weighted by Crippen LogP contribution is -2.24. The standard InChI is InChI=1S/C20H16ClN3O5S2/c21-15-5-1-2-6-16(15)24-31(26,27)14-7-8-17-18(10-14)29-20(23-17)30-12-19(25)22-11-13-4-3-9-28-13/h1-10,24H,11-12H2,(H,22,25). The summed E-state index contributed by atoms with van der Waals surface area (Å²) >= 11 is 7.14. The maximum atomic E-state index is 12.7. The maximum Gasteiger partial charge on any atom is 0.262 e. The molecule has 8 nitrogen and oxygen atoms in total. The highest BCUT2D eigenvalue weighted by atomic mass is 35.5. The summed E-state index contributed by atoms with van der Waals surface area (Å²) in [5.74, 6) is 0.530. The third-order valence-corrected chi connectivity index (χ3v) is 6.66. The van der Waals surface area contributed by atoms with Gasteiger partial charge in [0, 0.05) is 6.07 Å². The van der Waals surface area contributed by atoms with Gasteiger partial charge in [0.2, 0.25) is 5.91 Å². The van der Waals surface area contributed by atoms with Crippen molar-refractivity contribution in [3.8, 4) is 0 Å². The first-order valence-electron chi connectivity index (χ1n) is 9.00. The second kappa shape index (κ2) is 9.04. The van der Waals surface area contributed by atoms with Crippen molar-refractivity contribution in [3.05, 3.63) is 71.6 Å². The number of fused-ring (bicyclic) bond motifs is 1. The molecule has 4 rings (SSSR count). The van der Waals surface area contributed by atoms with Gasteiger partial charge in [-0.1, -0.05) is 35.5 Å². The minimum absolute atomic E-state index is 0.00353. The van der Waals surface area contributed by atoms with Crippen LogP contribution in [0, 0.1) is 0 Å². The van der Waals surface area contributed by atoms with Crippen molar-refractivity contribution in [2.24, 2.45) is 0 Å². The highest BCUT2D eigenvalue weighted by Crippen LogP contribution is 2.28. The zero-order valence-electron chi connectivity index (χ0n) is 15.9. The second-order valence-electron chi connectivity index (χ2n) is 6.34. The smallest absolute Gasteiger partial charge is 0.262 e. The second-order valence-corrected chi connectivity index (χ2v) is 9.36. The number of halogens is 1. The highest BCUT2D eigenvalue weighted by Gasteiger charge is 2.18. The van der Waals surface area contributed by atoms with Crippen LogP contribution in [0.4, 0.5) is 5.69 Å². The third kappa shape index (κ3) is 5.22. The summed E-state index contributed by atoms with van der Waals surface area (Å²) in [6.45, 7) is 0.291. The molecule has 0 atom stereocenters. The van der Waals surface area contributed by atoms with Crippen LogP contribution in [0.5, 0.6) is 0 Å². The number of hydrogen-bond donors (Lipinski definition) is 2. The molecule has 0 fully saturated rings. The van der Waals surface area contributed by atoms with E-state index in [4.69, 9.17) is 20.4 Å². The van der Waals surface area contributed by atoms with Gasteiger partial charge < -0.3 is 14.2 Å². The van der Waals surface area contributed by atoms with Crippen LogP contribution in [0.25, 0.3) is 11.1 Å². The average molecular weight is 478 g/mol. The van der Waals surface area contributed by atoms with Crippen molar-refractivity contribution < 1.29 is 22.0 Å². The zero-order chi connectivity index (χ0) is 21.8. The van der Waals surface area contributed by atoms with Crippen molar-refractivity contribution >= 4 is 56.1 Å². The first-order chi connectivity index (χ1) is 14.9. The molecular formula is C20H16ClN3O5S2. The molecule has 1 amide bonds. The summed E-state index contributed by atoms with van der Waals surface area (Å²) in [5.41, 5.74) is 1.05. The largest absolute Gasteiger partial charge is 0.467 e. The summed E-state index contributed by atoms with van der Waals surface area (Å²) < 4.78 is 38.6. The Labute approximate surface area is 187 Å². The van der Waals surface area contributed by atoms with Crippen LogP contribution < -0.4 is 10.0 Å². The van der Waals surface area contributed by atoms with E-state index in [1.807, 2.05) is 0 Å². The van der Waals surface area contributed by atoms with Gasteiger partial charge in [-0.15, -0.1) is 0 Å². The number of nitrogens with one attached hydrogen (secondary N) is 2. The topological polar surface area (TPSA) is 114 Å². The molecule has 0 aliphatic rings. The number of sulfonamides is 1. The van der Waals surface area contributed by atoms with Crippen LogP contribution in [0.3, 0.4) is 0 Å². The molecule has 2 aromatic heterocycles. The van der Waals surface area contributed by atoms with E-state index in [0.29, 0.717) is 23.4 Å².